The Morgan fingerprint density at radius 2 is 2.00 bits per heavy atom. The third-order valence-corrected chi connectivity index (χ3v) is 5.24. The van der Waals surface area contributed by atoms with Crippen molar-refractivity contribution < 1.29 is 23.7 Å². The fraction of sp³-hybridized carbons (Fsp3) is 0.800. The van der Waals surface area contributed by atoms with Gasteiger partial charge in [-0.25, -0.2) is 4.79 Å². The average Bonchev–Trinajstić information content (AvgIpc) is 3.02. The minimum atomic E-state index is -0.611. The highest BCUT2D eigenvalue weighted by atomic mass is 16.7. The van der Waals surface area contributed by atoms with E-state index in [1.54, 1.807) is 0 Å². The normalized spacial score (nSPS) is 35.2. The number of ether oxygens (including phenoxy) is 4. The molecule has 1 aliphatic heterocycles. The molecule has 1 spiro atoms. The lowest BCUT2D eigenvalue weighted by atomic mass is 9.69. The van der Waals surface area contributed by atoms with E-state index in [0.29, 0.717) is 13.2 Å². The summed E-state index contributed by atoms with van der Waals surface area (Å²) >= 11 is 0. The van der Waals surface area contributed by atoms with Crippen molar-refractivity contribution in [2.45, 2.75) is 51.4 Å². The van der Waals surface area contributed by atoms with Gasteiger partial charge in [-0.15, -0.1) is 0 Å². The maximum absolute atomic E-state index is 11.3. The maximum atomic E-state index is 11.3. The zero-order valence-electron chi connectivity index (χ0n) is 12.4. The summed E-state index contributed by atoms with van der Waals surface area (Å²) in [5.41, 5.74) is 2.38. The van der Waals surface area contributed by atoms with Gasteiger partial charge in [0.25, 0.3) is 0 Å². The van der Waals surface area contributed by atoms with Gasteiger partial charge < -0.3 is 18.9 Å². The molecule has 0 unspecified atom stereocenters. The van der Waals surface area contributed by atoms with Gasteiger partial charge in [0.05, 0.1) is 20.3 Å². The summed E-state index contributed by atoms with van der Waals surface area (Å²) in [7, 11) is 1.34. The molecule has 112 valence electrons. The molecular formula is C15H22O5. The largest absolute Gasteiger partial charge is 0.508 e. The first-order chi connectivity index (χ1) is 9.52. The van der Waals surface area contributed by atoms with Crippen LogP contribution in [0.5, 0.6) is 0 Å². The molecular weight excluding hydrogens is 260 g/mol. The molecule has 0 aromatic heterocycles. The topological polar surface area (TPSA) is 54.0 Å². The van der Waals surface area contributed by atoms with E-state index >= 15 is 0 Å². The van der Waals surface area contributed by atoms with E-state index in [4.69, 9.17) is 14.2 Å². The summed E-state index contributed by atoms with van der Waals surface area (Å²) in [6, 6.07) is 0. The van der Waals surface area contributed by atoms with Crippen LogP contribution in [-0.4, -0.2) is 38.4 Å². The third kappa shape index (κ3) is 1.79. The Hall–Kier alpha value is -1.07. The molecule has 0 radical (unpaired) electrons. The van der Waals surface area contributed by atoms with Crippen molar-refractivity contribution in [2.24, 2.45) is 5.41 Å². The van der Waals surface area contributed by atoms with Gasteiger partial charge in [-0.2, -0.15) is 0 Å². The lowest BCUT2D eigenvalue weighted by Gasteiger charge is -2.44. The van der Waals surface area contributed by atoms with Crippen molar-refractivity contribution in [3.05, 3.63) is 11.1 Å². The van der Waals surface area contributed by atoms with Crippen LogP contribution < -0.4 is 0 Å². The molecule has 2 atom stereocenters. The number of carbonyl (C=O) groups is 1. The molecule has 5 nitrogen and oxygen atoms in total. The summed E-state index contributed by atoms with van der Waals surface area (Å²) in [5.74, 6) is -0.459. The first-order valence-corrected chi connectivity index (χ1v) is 7.25. The molecule has 1 heterocycles. The zero-order chi connectivity index (χ0) is 14.4. The zero-order valence-corrected chi connectivity index (χ0v) is 12.4. The van der Waals surface area contributed by atoms with E-state index in [9.17, 15) is 4.79 Å². The van der Waals surface area contributed by atoms with E-state index < -0.39 is 11.9 Å². The first-order valence-electron chi connectivity index (χ1n) is 7.25. The number of fused-ring (bicyclic) bond motifs is 2. The van der Waals surface area contributed by atoms with Gasteiger partial charge >= 0.3 is 6.16 Å². The monoisotopic (exact) mass is 282 g/mol. The number of hydrogen-bond acceptors (Lipinski definition) is 5. The predicted molar refractivity (Wildman–Crippen MR) is 71.2 cm³/mol. The Labute approximate surface area is 119 Å². The highest BCUT2D eigenvalue weighted by Gasteiger charge is 2.60. The SMILES string of the molecule is COC(=O)O[C@H]1CC[C@@]2(C)C(=C1C)CCC21OCCO1. The van der Waals surface area contributed by atoms with E-state index in [2.05, 4.69) is 11.7 Å². The van der Waals surface area contributed by atoms with Crippen LogP contribution in [0.25, 0.3) is 0 Å². The second kappa shape index (κ2) is 4.74. The van der Waals surface area contributed by atoms with Crippen LogP contribution in [-0.2, 0) is 18.9 Å². The highest BCUT2D eigenvalue weighted by molar-refractivity contribution is 5.60. The van der Waals surface area contributed by atoms with Crippen molar-refractivity contribution >= 4 is 6.16 Å². The minimum absolute atomic E-state index is 0.0937. The van der Waals surface area contributed by atoms with Crippen LogP contribution in [0.4, 0.5) is 4.79 Å². The minimum Gasteiger partial charge on any atom is -0.438 e. The fourth-order valence-electron chi connectivity index (χ4n) is 4.10. The average molecular weight is 282 g/mol. The van der Waals surface area contributed by atoms with Gasteiger partial charge in [-0.05, 0) is 31.8 Å². The van der Waals surface area contributed by atoms with Crippen molar-refractivity contribution in [2.75, 3.05) is 20.3 Å². The van der Waals surface area contributed by atoms with Crippen LogP contribution in [0.15, 0.2) is 11.1 Å². The quantitative estimate of drug-likeness (QED) is 0.547. The smallest absolute Gasteiger partial charge is 0.438 e. The second-order valence-corrected chi connectivity index (χ2v) is 6.04. The second-order valence-electron chi connectivity index (χ2n) is 6.04. The summed E-state index contributed by atoms with van der Waals surface area (Å²) < 4.78 is 21.9. The van der Waals surface area contributed by atoms with Gasteiger partial charge in [0.15, 0.2) is 5.79 Å². The van der Waals surface area contributed by atoms with Gasteiger partial charge in [-0.3, -0.25) is 0 Å². The van der Waals surface area contributed by atoms with Crippen LogP contribution in [0.1, 0.15) is 39.5 Å². The Morgan fingerprint density at radius 3 is 2.65 bits per heavy atom. The lowest BCUT2D eigenvalue weighted by molar-refractivity contribution is -0.213. The molecule has 0 N–H and O–H groups in total. The van der Waals surface area contributed by atoms with Crippen molar-refractivity contribution in [1.29, 1.82) is 0 Å². The molecule has 1 saturated carbocycles. The number of carbonyl (C=O) groups excluding carboxylic acids is 1. The van der Waals surface area contributed by atoms with E-state index in [-0.39, 0.29) is 11.5 Å². The molecule has 0 aromatic rings. The molecule has 0 bridgehead atoms. The van der Waals surface area contributed by atoms with Crippen LogP contribution in [0.3, 0.4) is 0 Å². The summed E-state index contributed by atoms with van der Waals surface area (Å²) in [6.07, 6.45) is 2.74. The van der Waals surface area contributed by atoms with Gasteiger partial charge in [-0.1, -0.05) is 12.5 Å². The lowest BCUT2D eigenvalue weighted by Crippen LogP contribution is -2.46. The van der Waals surface area contributed by atoms with Crippen molar-refractivity contribution in [3.8, 4) is 0 Å². The first kappa shape index (κ1) is 13.9. The Balaban J connectivity index is 1.89. The maximum Gasteiger partial charge on any atom is 0.508 e. The fourth-order valence-corrected chi connectivity index (χ4v) is 4.10. The van der Waals surface area contributed by atoms with Gasteiger partial charge in [0, 0.05) is 11.8 Å². The van der Waals surface area contributed by atoms with Crippen LogP contribution >= 0.6 is 0 Å². The molecule has 0 aromatic carbocycles. The standard InChI is InChI=1S/C15H22O5/c1-10-11-4-7-15(18-8-9-19-15)14(11,2)6-5-12(10)20-13(16)17-3/h12H,4-9H2,1-3H3/t12-,14-/m0/s1. The highest BCUT2D eigenvalue weighted by Crippen LogP contribution is 2.60. The van der Waals surface area contributed by atoms with E-state index in [1.165, 1.54) is 12.7 Å². The molecule has 2 aliphatic carbocycles. The summed E-state index contributed by atoms with van der Waals surface area (Å²) in [6.45, 7) is 5.61. The van der Waals surface area contributed by atoms with Gasteiger partial charge in [0.1, 0.15) is 6.10 Å². The number of rotatable bonds is 1. The van der Waals surface area contributed by atoms with Gasteiger partial charge in [0.2, 0.25) is 0 Å². The molecule has 0 amide bonds. The molecule has 3 rings (SSSR count). The number of methoxy groups -OCH3 is 1. The molecule has 1 saturated heterocycles. The summed E-state index contributed by atoms with van der Waals surface area (Å²) in [4.78, 5) is 11.3. The van der Waals surface area contributed by atoms with Crippen LogP contribution in [0, 0.1) is 5.41 Å². The Morgan fingerprint density at radius 1 is 1.30 bits per heavy atom. The Bertz CT molecular complexity index is 449. The molecule has 5 heteroatoms. The van der Waals surface area contributed by atoms with E-state index in [1.807, 2.05) is 6.92 Å². The number of hydrogen-bond donors (Lipinski definition) is 0. The predicted octanol–water partition coefficient (Wildman–Crippen LogP) is 2.79. The third-order valence-electron chi connectivity index (χ3n) is 5.24. The molecule has 20 heavy (non-hydrogen) atoms. The molecule has 2 fully saturated rings. The van der Waals surface area contributed by atoms with Crippen LogP contribution in [0.2, 0.25) is 0 Å². The van der Waals surface area contributed by atoms with Crippen molar-refractivity contribution in [3.63, 3.8) is 0 Å². The Kier molecular flexibility index (Phi) is 3.29. The van der Waals surface area contributed by atoms with Crippen molar-refractivity contribution in [1.82, 2.24) is 0 Å². The molecule has 3 aliphatic rings. The van der Waals surface area contributed by atoms with E-state index in [0.717, 1.165) is 31.3 Å². The summed E-state index contributed by atoms with van der Waals surface area (Å²) in [5, 5.41) is 0.